The van der Waals surface area contributed by atoms with Crippen molar-refractivity contribution in [2.45, 2.75) is 38.1 Å². The highest BCUT2D eigenvalue weighted by Gasteiger charge is 2.17. The van der Waals surface area contributed by atoms with Crippen LogP contribution in [-0.2, 0) is 28.9 Å². The Balaban J connectivity index is 1.54. The van der Waals surface area contributed by atoms with Gasteiger partial charge in [0.1, 0.15) is 5.82 Å². The fourth-order valence-corrected chi connectivity index (χ4v) is 4.97. The highest BCUT2D eigenvalue weighted by atomic mass is 32.2. The molecule has 3 aromatic rings. The molecule has 7 heteroatoms. The largest absolute Gasteiger partial charge is 0.356 e. The highest BCUT2D eigenvalue weighted by Crippen LogP contribution is 2.26. The van der Waals surface area contributed by atoms with E-state index in [0.29, 0.717) is 13.1 Å². The first kappa shape index (κ1) is 21.7. The summed E-state index contributed by atoms with van der Waals surface area (Å²) in [6.45, 7) is 3.37. The molecule has 0 saturated carbocycles. The molecule has 0 spiro atoms. The van der Waals surface area contributed by atoms with Crippen molar-refractivity contribution in [2.24, 2.45) is 0 Å². The van der Waals surface area contributed by atoms with E-state index in [9.17, 15) is 8.42 Å². The number of para-hydroxylation sites is 1. The van der Waals surface area contributed by atoms with E-state index in [1.807, 2.05) is 36.4 Å². The molecule has 2 N–H and O–H groups in total. The summed E-state index contributed by atoms with van der Waals surface area (Å²) in [6, 6.07) is 18.2. The van der Waals surface area contributed by atoms with E-state index in [1.54, 1.807) is 0 Å². The molecule has 0 amide bonds. The van der Waals surface area contributed by atoms with Gasteiger partial charge in [0.15, 0.2) is 0 Å². The minimum Gasteiger partial charge on any atom is -0.356 e. The molecule has 0 atom stereocenters. The average Bonchev–Trinajstić information content (AvgIpc) is 2.80. The van der Waals surface area contributed by atoms with Gasteiger partial charge >= 0.3 is 0 Å². The fourth-order valence-electron chi connectivity index (χ4n) is 4.14. The van der Waals surface area contributed by atoms with Crippen LogP contribution in [0.5, 0.6) is 0 Å². The number of piperidine rings is 1. The van der Waals surface area contributed by atoms with Crippen molar-refractivity contribution in [3.63, 3.8) is 0 Å². The van der Waals surface area contributed by atoms with Gasteiger partial charge in [0.05, 0.1) is 11.3 Å². The van der Waals surface area contributed by atoms with Crippen molar-refractivity contribution in [3.05, 3.63) is 71.3 Å². The van der Waals surface area contributed by atoms with Gasteiger partial charge < -0.3 is 10.2 Å². The molecule has 0 bridgehead atoms. The molecule has 6 nitrogen and oxygen atoms in total. The summed E-state index contributed by atoms with van der Waals surface area (Å²) in [4.78, 5) is 7.40. The highest BCUT2D eigenvalue weighted by molar-refractivity contribution is 7.88. The molecule has 1 aromatic heterocycles. The lowest BCUT2D eigenvalue weighted by molar-refractivity contribution is 0.570. The number of anilines is 1. The topological polar surface area (TPSA) is 74.3 Å². The van der Waals surface area contributed by atoms with Crippen LogP contribution in [0.25, 0.3) is 10.9 Å². The lowest BCUT2D eigenvalue weighted by atomic mass is 10.1. The summed E-state index contributed by atoms with van der Waals surface area (Å²) in [5, 5.41) is 4.66. The maximum atomic E-state index is 12.0. The minimum atomic E-state index is -3.31. The Hall–Kier alpha value is -2.48. The summed E-state index contributed by atoms with van der Waals surface area (Å²) in [6.07, 6.45) is 3.69. The van der Waals surface area contributed by atoms with Crippen LogP contribution in [0.15, 0.2) is 54.6 Å². The van der Waals surface area contributed by atoms with Gasteiger partial charge in [-0.1, -0.05) is 42.5 Å². The lowest BCUT2D eigenvalue weighted by Crippen LogP contribution is -2.31. The summed E-state index contributed by atoms with van der Waals surface area (Å²) in [5.74, 6) is 1.05. The van der Waals surface area contributed by atoms with Gasteiger partial charge in [-0.05, 0) is 49.6 Å². The molecule has 1 saturated heterocycles. The zero-order valence-electron chi connectivity index (χ0n) is 18.0. The van der Waals surface area contributed by atoms with Crippen LogP contribution in [0.2, 0.25) is 0 Å². The Morgan fingerprint density at radius 2 is 1.58 bits per heavy atom. The molecular weight excluding hydrogens is 408 g/mol. The van der Waals surface area contributed by atoms with E-state index >= 15 is 0 Å². The van der Waals surface area contributed by atoms with Crippen LogP contribution in [0, 0.1) is 0 Å². The van der Waals surface area contributed by atoms with Crippen molar-refractivity contribution < 1.29 is 8.42 Å². The quantitative estimate of drug-likeness (QED) is 0.563. The smallest absolute Gasteiger partial charge is 0.215 e. The molecule has 1 aliphatic heterocycles. The molecular formula is C24H30N4O2S. The van der Waals surface area contributed by atoms with Crippen LogP contribution in [-0.4, -0.2) is 33.5 Å². The third kappa shape index (κ3) is 5.42. The first-order chi connectivity index (χ1) is 15.1. The van der Waals surface area contributed by atoms with E-state index in [1.165, 1.54) is 31.9 Å². The number of sulfonamides is 1. The Morgan fingerprint density at radius 1 is 0.903 bits per heavy atom. The maximum absolute atomic E-state index is 12.0. The second kappa shape index (κ2) is 9.77. The average molecular weight is 439 g/mol. The minimum absolute atomic E-state index is 0.0160. The molecule has 1 aliphatic rings. The Morgan fingerprint density at radius 3 is 2.35 bits per heavy atom. The van der Waals surface area contributed by atoms with Crippen LogP contribution >= 0.6 is 0 Å². The second-order valence-corrected chi connectivity index (χ2v) is 9.97. The van der Waals surface area contributed by atoms with Gasteiger partial charge in [0.25, 0.3) is 0 Å². The first-order valence-corrected chi connectivity index (χ1v) is 12.5. The van der Waals surface area contributed by atoms with Crippen molar-refractivity contribution in [3.8, 4) is 0 Å². The lowest BCUT2D eigenvalue weighted by Gasteiger charge is -2.30. The van der Waals surface area contributed by atoms with Crippen molar-refractivity contribution >= 4 is 26.7 Å². The van der Waals surface area contributed by atoms with E-state index in [0.717, 1.165) is 40.9 Å². The summed E-state index contributed by atoms with van der Waals surface area (Å²) in [5.41, 5.74) is 4.02. The zero-order chi connectivity index (χ0) is 21.7. The monoisotopic (exact) mass is 438 g/mol. The van der Waals surface area contributed by atoms with Crippen molar-refractivity contribution in [1.82, 2.24) is 15.0 Å². The summed E-state index contributed by atoms with van der Waals surface area (Å²) >= 11 is 0. The van der Waals surface area contributed by atoms with Crippen LogP contribution in [0.4, 0.5) is 5.82 Å². The number of fused-ring (bicyclic) bond motifs is 1. The van der Waals surface area contributed by atoms with Gasteiger partial charge in [-0.3, -0.25) is 0 Å². The number of nitrogens with one attached hydrogen (secondary N) is 2. The van der Waals surface area contributed by atoms with Crippen LogP contribution in [0.1, 0.15) is 36.0 Å². The molecule has 2 aromatic carbocycles. The summed E-state index contributed by atoms with van der Waals surface area (Å²) < 4.78 is 26.4. The molecule has 4 rings (SSSR count). The number of aromatic nitrogens is 1. The van der Waals surface area contributed by atoms with Gasteiger partial charge in [-0.25, -0.2) is 18.1 Å². The molecule has 31 heavy (non-hydrogen) atoms. The van der Waals surface area contributed by atoms with Gasteiger partial charge in [0.2, 0.25) is 10.0 Å². The van der Waals surface area contributed by atoms with Crippen LogP contribution in [0.3, 0.4) is 0 Å². The van der Waals surface area contributed by atoms with Crippen molar-refractivity contribution in [2.75, 3.05) is 25.0 Å². The predicted molar refractivity (Wildman–Crippen MR) is 126 cm³/mol. The number of pyridine rings is 1. The van der Waals surface area contributed by atoms with E-state index in [-0.39, 0.29) is 5.75 Å². The maximum Gasteiger partial charge on any atom is 0.215 e. The molecule has 2 heterocycles. The number of benzene rings is 2. The Bertz CT molecular complexity index is 1140. The third-order valence-corrected chi connectivity index (χ3v) is 7.15. The Kier molecular flexibility index (Phi) is 6.85. The molecule has 1 fully saturated rings. The van der Waals surface area contributed by atoms with Gasteiger partial charge in [-0.15, -0.1) is 0 Å². The third-order valence-electron chi connectivity index (χ3n) is 5.84. The molecule has 164 valence electrons. The SMILES string of the molecule is CNS(=O)(=O)Cc1ccccc1CNCc1cc2ccccc2nc1N1CCCCC1. The second-order valence-electron chi connectivity index (χ2n) is 8.05. The fraction of sp³-hybridized carbons (Fsp3) is 0.375. The number of nitrogens with zero attached hydrogens (tertiary/aromatic N) is 2. The van der Waals surface area contributed by atoms with Gasteiger partial charge in [-0.2, -0.15) is 0 Å². The van der Waals surface area contributed by atoms with E-state index < -0.39 is 10.0 Å². The first-order valence-electron chi connectivity index (χ1n) is 10.9. The van der Waals surface area contributed by atoms with Gasteiger partial charge in [0, 0.05) is 37.1 Å². The summed E-state index contributed by atoms with van der Waals surface area (Å²) in [7, 11) is -1.86. The standard InChI is InChI=1S/C24H30N4O2S/c1-25-31(29,30)18-21-11-4-3-10-20(21)16-26-17-22-15-19-9-5-6-12-23(19)27-24(22)28-13-7-2-8-14-28/h3-6,9-12,15,25-26H,2,7-8,13-14,16-18H2,1H3. The molecule has 0 aliphatic carbocycles. The predicted octanol–water partition coefficient (Wildman–Crippen LogP) is 3.56. The zero-order valence-corrected chi connectivity index (χ0v) is 18.8. The molecule has 0 unspecified atom stereocenters. The number of hydrogen-bond donors (Lipinski definition) is 2. The Labute approximate surface area is 184 Å². The molecule has 0 radical (unpaired) electrons. The van der Waals surface area contributed by atoms with E-state index in [2.05, 4.69) is 33.1 Å². The van der Waals surface area contributed by atoms with Crippen molar-refractivity contribution in [1.29, 1.82) is 0 Å². The number of rotatable bonds is 8. The van der Waals surface area contributed by atoms with E-state index in [4.69, 9.17) is 4.98 Å². The number of hydrogen-bond acceptors (Lipinski definition) is 5. The van der Waals surface area contributed by atoms with Crippen LogP contribution < -0.4 is 14.9 Å². The normalized spacial score (nSPS) is 14.8.